The van der Waals surface area contributed by atoms with Gasteiger partial charge in [0, 0.05) is 19.1 Å². The molecule has 1 aromatic rings. The third-order valence-electron chi connectivity index (χ3n) is 2.62. The van der Waals surface area contributed by atoms with Gasteiger partial charge in [-0.2, -0.15) is 0 Å². The smallest absolute Gasteiger partial charge is 0.242 e. The molecule has 0 aliphatic heterocycles. The average molecular weight is 305 g/mol. The summed E-state index contributed by atoms with van der Waals surface area (Å²) in [7, 11) is -0.400. The number of likely N-dealkylation sites (N-methyl/N-ethyl adjacent to an activating group) is 1. The summed E-state index contributed by atoms with van der Waals surface area (Å²) >= 11 is 5.99. The van der Waals surface area contributed by atoms with Crippen molar-refractivity contribution in [1.29, 1.82) is 0 Å². The van der Waals surface area contributed by atoms with Crippen LogP contribution in [-0.2, 0) is 14.8 Å². The molecule has 0 bridgehead atoms. The van der Waals surface area contributed by atoms with Crippen molar-refractivity contribution >= 4 is 33.2 Å². The Morgan fingerprint density at radius 2 is 1.89 bits per heavy atom. The molecule has 0 radical (unpaired) electrons. The largest absolute Gasteiger partial charge is 0.347 e. The van der Waals surface area contributed by atoms with Crippen LogP contribution >= 0.6 is 11.6 Å². The number of rotatable bonds is 4. The number of carbonyl (C=O) groups is 1. The van der Waals surface area contributed by atoms with Crippen LogP contribution in [-0.4, -0.2) is 46.1 Å². The maximum atomic E-state index is 11.8. The summed E-state index contributed by atoms with van der Waals surface area (Å²) in [5.41, 5.74) is 1.23. The summed E-state index contributed by atoms with van der Waals surface area (Å²) in [4.78, 5) is 13.1. The fourth-order valence-electron chi connectivity index (χ4n) is 1.40. The van der Waals surface area contributed by atoms with Crippen LogP contribution in [0.2, 0.25) is 5.02 Å². The lowest BCUT2D eigenvalue weighted by Crippen LogP contribution is -2.39. The Morgan fingerprint density at radius 1 is 1.32 bits per heavy atom. The highest BCUT2D eigenvalue weighted by Crippen LogP contribution is 2.24. The number of benzene rings is 1. The van der Waals surface area contributed by atoms with E-state index in [2.05, 4.69) is 0 Å². The molecule has 5 nitrogen and oxygen atoms in total. The van der Waals surface area contributed by atoms with Gasteiger partial charge in [0.1, 0.15) is 6.54 Å². The van der Waals surface area contributed by atoms with E-state index in [-0.39, 0.29) is 12.5 Å². The first-order valence-corrected chi connectivity index (χ1v) is 7.79. The van der Waals surface area contributed by atoms with Crippen LogP contribution in [0.25, 0.3) is 0 Å². The minimum atomic E-state index is -3.55. The standard InChI is InChI=1S/C12H17ClN2O3S/c1-9-5-6-10(7-11(9)13)15(19(4,17)18)8-12(16)14(2)3/h5-7H,8H2,1-4H3. The molecule has 0 heterocycles. The quantitative estimate of drug-likeness (QED) is 0.847. The molecule has 0 atom stereocenters. The molecule has 0 saturated carbocycles. The fraction of sp³-hybridized carbons (Fsp3) is 0.417. The first-order chi connectivity index (χ1) is 8.62. The van der Waals surface area contributed by atoms with Gasteiger partial charge in [-0.25, -0.2) is 8.42 Å². The zero-order chi connectivity index (χ0) is 14.8. The van der Waals surface area contributed by atoms with E-state index in [0.717, 1.165) is 16.1 Å². The van der Waals surface area contributed by atoms with Gasteiger partial charge in [-0.3, -0.25) is 9.10 Å². The molecule has 1 amide bonds. The van der Waals surface area contributed by atoms with Crippen molar-refractivity contribution in [2.24, 2.45) is 0 Å². The van der Waals surface area contributed by atoms with Gasteiger partial charge in [0.25, 0.3) is 0 Å². The van der Waals surface area contributed by atoms with Gasteiger partial charge in [0.05, 0.1) is 11.9 Å². The van der Waals surface area contributed by atoms with Gasteiger partial charge >= 0.3 is 0 Å². The van der Waals surface area contributed by atoms with Gasteiger partial charge in [-0.1, -0.05) is 17.7 Å². The van der Waals surface area contributed by atoms with Crippen LogP contribution in [0.3, 0.4) is 0 Å². The first-order valence-electron chi connectivity index (χ1n) is 5.57. The second kappa shape index (κ2) is 5.79. The number of amides is 1. The Balaban J connectivity index is 3.18. The predicted octanol–water partition coefficient (Wildman–Crippen LogP) is 1.50. The van der Waals surface area contributed by atoms with Crippen LogP contribution in [0, 0.1) is 6.92 Å². The molecule has 0 aliphatic rings. The second-order valence-corrected chi connectivity index (χ2v) is 6.81. The lowest BCUT2D eigenvalue weighted by molar-refractivity contribution is -0.127. The van der Waals surface area contributed by atoms with Gasteiger partial charge in [-0.15, -0.1) is 0 Å². The molecule has 1 aromatic carbocycles. The van der Waals surface area contributed by atoms with Gasteiger partial charge < -0.3 is 4.90 Å². The highest BCUT2D eigenvalue weighted by Gasteiger charge is 2.22. The Bertz CT molecular complexity index is 585. The van der Waals surface area contributed by atoms with Crippen LogP contribution in [0.4, 0.5) is 5.69 Å². The molecule has 0 saturated heterocycles. The number of hydrogen-bond donors (Lipinski definition) is 0. The van der Waals surface area contributed by atoms with E-state index >= 15 is 0 Å². The zero-order valence-corrected chi connectivity index (χ0v) is 12.9. The Kier molecular flexibility index (Phi) is 4.81. The van der Waals surface area contributed by atoms with E-state index in [1.807, 2.05) is 6.92 Å². The normalized spacial score (nSPS) is 11.2. The molecule has 0 aliphatic carbocycles. The first kappa shape index (κ1) is 15.8. The van der Waals surface area contributed by atoms with Crippen LogP contribution < -0.4 is 4.31 Å². The topological polar surface area (TPSA) is 57.7 Å². The monoisotopic (exact) mass is 304 g/mol. The van der Waals surface area contributed by atoms with Gasteiger partial charge in [0.15, 0.2) is 0 Å². The number of halogens is 1. The summed E-state index contributed by atoms with van der Waals surface area (Å²) in [5, 5.41) is 0.462. The fourth-order valence-corrected chi connectivity index (χ4v) is 2.42. The minimum Gasteiger partial charge on any atom is -0.347 e. The molecule has 1 rings (SSSR count). The third-order valence-corrected chi connectivity index (χ3v) is 4.17. The number of hydrogen-bond acceptors (Lipinski definition) is 3. The maximum Gasteiger partial charge on any atom is 0.242 e. The number of sulfonamides is 1. The molecular formula is C12H17ClN2O3S. The molecule has 19 heavy (non-hydrogen) atoms. The van der Waals surface area contributed by atoms with E-state index in [1.165, 1.54) is 4.90 Å². The van der Waals surface area contributed by atoms with Gasteiger partial charge in [0.2, 0.25) is 15.9 Å². The molecule has 0 N–H and O–H groups in total. The molecule has 0 fully saturated rings. The summed E-state index contributed by atoms with van der Waals surface area (Å²) in [6.07, 6.45) is 1.06. The van der Waals surface area contributed by atoms with E-state index in [9.17, 15) is 13.2 Å². The lowest BCUT2D eigenvalue weighted by atomic mass is 10.2. The summed E-state index contributed by atoms with van der Waals surface area (Å²) < 4.78 is 24.6. The average Bonchev–Trinajstić information content (AvgIpc) is 2.27. The van der Waals surface area contributed by atoms with Crippen molar-refractivity contribution in [2.75, 3.05) is 31.2 Å². The highest BCUT2D eigenvalue weighted by molar-refractivity contribution is 7.92. The Hall–Kier alpha value is -1.27. The maximum absolute atomic E-state index is 11.8. The van der Waals surface area contributed by atoms with Crippen LogP contribution in [0.5, 0.6) is 0 Å². The SMILES string of the molecule is Cc1ccc(N(CC(=O)N(C)C)S(C)(=O)=O)cc1Cl. The number of carbonyl (C=O) groups excluding carboxylic acids is 1. The number of aryl methyl sites for hydroxylation is 1. The van der Waals surface area contributed by atoms with Gasteiger partial charge in [-0.05, 0) is 24.6 Å². The van der Waals surface area contributed by atoms with Crippen molar-refractivity contribution in [2.45, 2.75) is 6.92 Å². The van der Waals surface area contributed by atoms with Crippen molar-refractivity contribution < 1.29 is 13.2 Å². The van der Waals surface area contributed by atoms with Crippen molar-refractivity contribution in [3.05, 3.63) is 28.8 Å². The molecule has 7 heteroatoms. The molecule has 0 spiro atoms. The molecule has 0 unspecified atom stereocenters. The van der Waals surface area contributed by atoms with Crippen molar-refractivity contribution in [1.82, 2.24) is 4.90 Å². The van der Waals surface area contributed by atoms with Crippen LogP contribution in [0.1, 0.15) is 5.56 Å². The summed E-state index contributed by atoms with van der Waals surface area (Å²) in [5.74, 6) is -0.304. The predicted molar refractivity (Wildman–Crippen MR) is 77.1 cm³/mol. The zero-order valence-electron chi connectivity index (χ0n) is 11.3. The van der Waals surface area contributed by atoms with E-state index in [0.29, 0.717) is 10.7 Å². The third kappa shape index (κ3) is 4.11. The number of nitrogens with zero attached hydrogens (tertiary/aromatic N) is 2. The molecular weight excluding hydrogens is 288 g/mol. The van der Waals surface area contributed by atoms with E-state index < -0.39 is 10.0 Å². The Labute approximate surface area is 118 Å². The Morgan fingerprint density at radius 3 is 2.32 bits per heavy atom. The molecule has 106 valence electrons. The second-order valence-electron chi connectivity index (χ2n) is 4.49. The lowest BCUT2D eigenvalue weighted by Gasteiger charge is -2.23. The highest BCUT2D eigenvalue weighted by atomic mass is 35.5. The van der Waals surface area contributed by atoms with Crippen molar-refractivity contribution in [3.63, 3.8) is 0 Å². The van der Waals surface area contributed by atoms with Crippen LogP contribution in [0.15, 0.2) is 18.2 Å². The minimum absolute atomic E-state index is 0.245. The van der Waals surface area contributed by atoms with Crippen molar-refractivity contribution in [3.8, 4) is 0 Å². The summed E-state index contributed by atoms with van der Waals surface area (Å²) in [6.45, 7) is 1.58. The van der Waals surface area contributed by atoms with E-state index in [4.69, 9.17) is 11.6 Å². The number of anilines is 1. The summed E-state index contributed by atoms with van der Waals surface area (Å²) in [6, 6.07) is 4.89. The molecule has 0 aromatic heterocycles. The van der Waals surface area contributed by atoms with E-state index in [1.54, 1.807) is 32.3 Å².